The molecule has 35 heavy (non-hydrogen) atoms. The minimum Gasteiger partial charge on any atom is -0.233 e. The van der Waals surface area contributed by atoms with Crippen LogP contribution in [-0.4, -0.2) is 24.6 Å². The van der Waals surface area contributed by atoms with Gasteiger partial charge in [0.25, 0.3) is 0 Å². The van der Waals surface area contributed by atoms with Crippen LogP contribution in [0.5, 0.6) is 0 Å². The summed E-state index contributed by atoms with van der Waals surface area (Å²) in [6.07, 6.45) is 4.33. The Kier molecular flexibility index (Phi) is 7.86. The molecular weight excluding hydrogens is 457 g/mol. The molecule has 0 radical (unpaired) electrons. The van der Waals surface area contributed by atoms with E-state index in [-0.39, 0.29) is 0 Å². The number of hydrogen-bond acceptors (Lipinski definition) is 3. The summed E-state index contributed by atoms with van der Waals surface area (Å²) < 4.78 is 10.8. The van der Waals surface area contributed by atoms with E-state index in [0.29, 0.717) is 17.8 Å². The molecule has 180 valence electrons. The molecule has 2 unspecified atom stereocenters. The fourth-order valence-corrected chi connectivity index (χ4v) is 5.47. The zero-order valence-electron chi connectivity index (χ0n) is 20.0. The largest absolute Gasteiger partial charge is 0.692 e. The summed E-state index contributed by atoms with van der Waals surface area (Å²) in [5.41, 5.74) is 2.96. The average molecular weight is 489 g/mol. The topological polar surface area (TPSA) is 88.2 Å². The summed E-state index contributed by atoms with van der Waals surface area (Å²) in [5.74, 6) is 2.89. The zero-order valence-corrected chi connectivity index (χ0v) is 20.9. The summed E-state index contributed by atoms with van der Waals surface area (Å²) in [4.78, 5) is 19.1. The summed E-state index contributed by atoms with van der Waals surface area (Å²) in [6.45, 7) is 4.57. The number of rotatable bonds is 7. The van der Waals surface area contributed by atoms with Crippen LogP contribution in [0.25, 0.3) is 0 Å². The van der Waals surface area contributed by atoms with Gasteiger partial charge in [-0.15, -0.1) is 9.79 Å². The Labute approximate surface area is 207 Å². The Bertz CT molecular complexity index is 1120. The fourth-order valence-electron chi connectivity index (χ4n) is 5.47. The van der Waals surface area contributed by atoms with Gasteiger partial charge in [-0.1, -0.05) is 118 Å². The van der Waals surface area contributed by atoms with Gasteiger partial charge in [-0.05, 0) is 28.5 Å². The lowest BCUT2D eigenvalue weighted by Gasteiger charge is -2.35. The summed E-state index contributed by atoms with van der Waals surface area (Å²) >= 11 is 0. The fraction of sp³-hybridized carbons (Fsp3) is 0.286. The molecule has 0 saturated heterocycles. The first-order valence-electron chi connectivity index (χ1n) is 12.0. The average Bonchev–Trinajstić information content (AvgIpc) is 3.41. The Morgan fingerprint density at radius 2 is 1.14 bits per heavy atom. The SMILES string of the molecule is CCC1C(CC)C1c1ncn(C(c2ccccc2)(c2ccccc2)c2ccccc2)n1.O=[P+](O)O. The number of benzene rings is 3. The van der Waals surface area contributed by atoms with Gasteiger partial charge in [-0.3, -0.25) is 0 Å². The van der Waals surface area contributed by atoms with Crippen LogP contribution in [0.1, 0.15) is 55.1 Å². The highest BCUT2D eigenvalue weighted by molar-refractivity contribution is 7.30. The van der Waals surface area contributed by atoms with Crippen LogP contribution < -0.4 is 0 Å². The van der Waals surface area contributed by atoms with E-state index >= 15 is 0 Å². The van der Waals surface area contributed by atoms with Crippen LogP contribution in [0.2, 0.25) is 0 Å². The van der Waals surface area contributed by atoms with Crippen molar-refractivity contribution in [2.75, 3.05) is 0 Å². The third-order valence-corrected chi connectivity index (χ3v) is 7.00. The molecule has 1 fully saturated rings. The molecule has 7 heteroatoms. The van der Waals surface area contributed by atoms with Gasteiger partial charge < -0.3 is 0 Å². The first-order valence-corrected chi connectivity index (χ1v) is 13.1. The molecular formula is C28H31N3O3P+. The van der Waals surface area contributed by atoms with Gasteiger partial charge in [0.2, 0.25) is 0 Å². The van der Waals surface area contributed by atoms with Gasteiger partial charge in [0, 0.05) is 10.5 Å². The Hall–Kier alpha value is -3.18. The molecule has 0 spiro atoms. The summed E-state index contributed by atoms with van der Waals surface area (Å²) in [7, 11) is -2.87. The van der Waals surface area contributed by atoms with Crippen LogP contribution in [0, 0.1) is 11.8 Å². The van der Waals surface area contributed by atoms with E-state index in [4.69, 9.17) is 24.4 Å². The maximum Gasteiger partial charge on any atom is 0.692 e. The first-order chi connectivity index (χ1) is 17.0. The van der Waals surface area contributed by atoms with Crippen LogP contribution >= 0.6 is 8.25 Å². The lowest BCUT2D eigenvalue weighted by molar-refractivity contribution is 0.405. The van der Waals surface area contributed by atoms with Crippen LogP contribution in [0.15, 0.2) is 97.3 Å². The van der Waals surface area contributed by atoms with Crippen LogP contribution in [0.3, 0.4) is 0 Å². The van der Waals surface area contributed by atoms with E-state index in [1.54, 1.807) is 0 Å². The molecule has 0 bridgehead atoms. The number of hydrogen-bond donors (Lipinski definition) is 2. The maximum absolute atomic E-state index is 8.70. The molecule has 1 aliphatic rings. The van der Waals surface area contributed by atoms with Gasteiger partial charge in [-0.25, -0.2) is 9.67 Å². The normalized spacial score (nSPS) is 18.9. The van der Waals surface area contributed by atoms with Crippen molar-refractivity contribution in [1.29, 1.82) is 0 Å². The van der Waals surface area contributed by atoms with Crippen molar-refractivity contribution in [3.05, 3.63) is 120 Å². The monoisotopic (exact) mass is 488 g/mol. The molecule has 0 aliphatic heterocycles. The lowest BCUT2D eigenvalue weighted by atomic mass is 9.77. The van der Waals surface area contributed by atoms with E-state index < -0.39 is 13.8 Å². The molecule has 1 aromatic heterocycles. The predicted molar refractivity (Wildman–Crippen MR) is 137 cm³/mol. The molecule has 1 heterocycles. The second-order valence-electron chi connectivity index (χ2n) is 8.78. The standard InChI is InChI=1S/C28H29N3.HO3P/c1-3-24-25(4-2)26(24)27-29-20-31(30-27)28(21-14-8-5-9-15-21,22-16-10-6-11-17-22)23-18-12-7-13-19-23;1-4(2)3/h5-20,24-26H,3-4H2,1-2H3;(H-,1,2,3)/p+1. The number of nitrogens with zero attached hydrogens (tertiary/aromatic N) is 3. The Morgan fingerprint density at radius 1 is 0.771 bits per heavy atom. The van der Waals surface area contributed by atoms with E-state index in [1.807, 2.05) is 6.33 Å². The molecule has 2 N–H and O–H groups in total. The van der Waals surface area contributed by atoms with Gasteiger partial charge in [-0.2, -0.15) is 5.10 Å². The highest BCUT2D eigenvalue weighted by atomic mass is 31.1. The Morgan fingerprint density at radius 3 is 1.49 bits per heavy atom. The third-order valence-electron chi connectivity index (χ3n) is 7.00. The number of aromatic nitrogens is 3. The van der Waals surface area contributed by atoms with E-state index in [1.165, 1.54) is 29.5 Å². The Balaban J connectivity index is 0.000000672. The molecule has 4 aromatic rings. The van der Waals surface area contributed by atoms with Gasteiger partial charge in [0.15, 0.2) is 5.82 Å². The van der Waals surface area contributed by atoms with Crippen LogP contribution in [0.4, 0.5) is 0 Å². The van der Waals surface area contributed by atoms with E-state index in [2.05, 4.69) is 110 Å². The highest BCUT2D eigenvalue weighted by Gasteiger charge is 2.51. The molecule has 0 amide bonds. The van der Waals surface area contributed by atoms with Crippen molar-refractivity contribution in [3.8, 4) is 0 Å². The molecule has 1 saturated carbocycles. The quantitative estimate of drug-likeness (QED) is 0.250. The molecule has 3 aromatic carbocycles. The highest BCUT2D eigenvalue weighted by Crippen LogP contribution is 2.56. The lowest BCUT2D eigenvalue weighted by Crippen LogP contribution is -2.38. The van der Waals surface area contributed by atoms with Crippen molar-refractivity contribution in [3.63, 3.8) is 0 Å². The summed E-state index contributed by atoms with van der Waals surface area (Å²) in [5, 5.41) is 5.18. The zero-order chi connectivity index (χ0) is 24.8. The smallest absolute Gasteiger partial charge is 0.233 e. The van der Waals surface area contributed by atoms with Crippen molar-refractivity contribution in [1.82, 2.24) is 14.8 Å². The minimum atomic E-state index is -2.87. The molecule has 5 rings (SSSR count). The molecule has 2 atom stereocenters. The van der Waals surface area contributed by atoms with Crippen LogP contribution in [-0.2, 0) is 10.1 Å². The van der Waals surface area contributed by atoms with Crippen molar-refractivity contribution >= 4 is 8.25 Å². The minimum absolute atomic E-state index is 0.483. The first kappa shape index (κ1) is 24.9. The van der Waals surface area contributed by atoms with Crippen molar-refractivity contribution in [2.24, 2.45) is 11.8 Å². The van der Waals surface area contributed by atoms with Crippen molar-refractivity contribution in [2.45, 2.75) is 38.1 Å². The van der Waals surface area contributed by atoms with E-state index in [9.17, 15) is 0 Å². The van der Waals surface area contributed by atoms with E-state index in [0.717, 1.165) is 5.82 Å². The summed E-state index contributed by atoms with van der Waals surface area (Å²) in [6, 6.07) is 32.0. The van der Waals surface area contributed by atoms with Gasteiger partial charge in [0.05, 0.1) is 0 Å². The second kappa shape index (κ2) is 11.0. The van der Waals surface area contributed by atoms with Gasteiger partial charge >= 0.3 is 8.25 Å². The maximum atomic E-state index is 8.70. The van der Waals surface area contributed by atoms with Gasteiger partial charge in [0.1, 0.15) is 11.9 Å². The molecule has 1 aliphatic carbocycles. The second-order valence-corrected chi connectivity index (χ2v) is 9.28. The molecule has 6 nitrogen and oxygen atoms in total. The van der Waals surface area contributed by atoms with Crippen molar-refractivity contribution < 1.29 is 14.4 Å². The third kappa shape index (κ3) is 4.96. The predicted octanol–water partition coefficient (Wildman–Crippen LogP) is 5.90.